The summed E-state index contributed by atoms with van der Waals surface area (Å²) in [4.78, 5) is 32.0. The molecule has 1 fully saturated rings. The van der Waals surface area contributed by atoms with Crippen LogP contribution in [0.5, 0.6) is 0 Å². The third-order valence-electron chi connectivity index (χ3n) is 6.16. The van der Waals surface area contributed by atoms with Crippen molar-refractivity contribution in [1.82, 2.24) is 19.4 Å². The molecule has 1 unspecified atom stereocenters. The van der Waals surface area contributed by atoms with Crippen molar-refractivity contribution < 1.29 is 24.2 Å². The van der Waals surface area contributed by atoms with Crippen molar-refractivity contribution in [2.75, 3.05) is 32.7 Å². The molecule has 8 nitrogen and oxygen atoms in total. The number of benzene rings is 1. The first kappa shape index (κ1) is 22.9. The van der Waals surface area contributed by atoms with Gasteiger partial charge in [-0.3, -0.25) is 19.5 Å². The van der Waals surface area contributed by atoms with Crippen molar-refractivity contribution in [2.45, 2.75) is 25.4 Å². The molecule has 3 heterocycles. The van der Waals surface area contributed by atoms with Crippen LogP contribution in [0.3, 0.4) is 0 Å². The highest BCUT2D eigenvalue weighted by Crippen LogP contribution is 2.32. The number of aliphatic carboxylic acids is 2. The van der Waals surface area contributed by atoms with Gasteiger partial charge in [-0.05, 0) is 55.3 Å². The Morgan fingerprint density at radius 2 is 1.85 bits per heavy atom. The van der Waals surface area contributed by atoms with E-state index in [2.05, 4.69) is 9.88 Å². The molecule has 0 aliphatic carbocycles. The van der Waals surface area contributed by atoms with Crippen molar-refractivity contribution in [1.29, 1.82) is 0 Å². The first-order valence-corrected chi connectivity index (χ1v) is 11.0. The van der Waals surface area contributed by atoms with E-state index in [9.17, 15) is 24.2 Å². The Hall–Kier alpha value is -3.30. The number of nitrogens with zero attached hydrogens (tertiary/aromatic N) is 4. The Morgan fingerprint density at radius 1 is 1.06 bits per heavy atom. The van der Waals surface area contributed by atoms with E-state index in [0.29, 0.717) is 29.6 Å². The van der Waals surface area contributed by atoms with Gasteiger partial charge in [-0.1, -0.05) is 0 Å². The molecule has 174 valence electrons. The van der Waals surface area contributed by atoms with Crippen LogP contribution in [0.15, 0.2) is 48.9 Å². The molecule has 1 saturated heterocycles. The van der Waals surface area contributed by atoms with E-state index in [-0.39, 0.29) is 6.54 Å². The second-order valence-corrected chi connectivity index (χ2v) is 8.34. The molecule has 1 atom stereocenters. The van der Waals surface area contributed by atoms with Crippen molar-refractivity contribution in [3.8, 4) is 0 Å². The molecule has 3 aromatic rings. The Bertz CT molecular complexity index is 1130. The molecule has 0 amide bonds. The van der Waals surface area contributed by atoms with E-state index < -0.39 is 23.8 Å². The number of halogens is 1. The molecule has 0 radical (unpaired) electrons. The molecule has 1 aromatic carbocycles. The number of carboxylic acid groups (broad SMARTS) is 2. The summed E-state index contributed by atoms with van der Waals surface area (Å²) >= 11 is 0. The minimum Gasteiger partial charge on any atom is -0.480 e. The average molecular weight is 455 g/mol. The minimum absolute atomic E-state index is 0.366. The van der Waals surface area contributed by atoms with Gasteiger partial charge in [0.1, 0.15) is 18.4 Å². The van der Waals surface area contributed by atoms with Crippen LogP contribution in [0.1, 0.15) is 23.6 Å². The third kappa shape index (κ3) is 5.37. The molecule has 9 heteroatoms. The number of carbonyl (C=O) groups is 2. The minimum atomic E-state index is -1.07. The highest BCUT2D eigenvalue weighted by atomic mass is 19.1. The highest BCUT2D eigenvalue weighted by Gasteiger charge is 2.32. The lowest BCUT2D eigenvalue weighted by Gasteiger charge is -2.27. The van der Waals surface area contributed by atoms with Gasteiger partial charge in [0.25, 0.3) is 0 Å². The molecular weight excluding hydrogens is 427 g/mol. The van der Waals surface area contributed by atoms with Gasteiger partial charge >= 0.3 is 11.9 Å². The van der Waals surface area contributed by atoms with Gasteiger partial charge in [0.05, 0.1) is 5.52 Å². The van der Waals surface area contributed by atoms with Gasteiger partial charge in [0, 0.05) is 55.7 Å². The van der Waals surface area contributed by atoms with Gasteiger partial charge in [-0.15, -0.1) is 0 Å². The molecule has 1 aliphatic rings. The normalized spacial score (nSPS) is 16.5. The van der Waals surface area contributed by atoms with Crippen LogP contribution in [-0.2, 0) is 22.6 Å². The van der Waals surface area contributed by atoms with Crippen LogP contribution >= 0.6 is 0 Å². The largest absolute Gasteiger partial charge is 0.480 e. The van der Waals surface area contributed by atoms with E-state index in [1.165, 1.54) is 28.3 Å². The molecule has 0 bridgehead atoms. The second kappa shape index (κ2) is 10.1. The number of pyridine rings is 1. The lowest BCUT2D eigenvalue weighted by Crippen LogP contribution is -2.37. The molecular formula is C24H27FN4O4. The number of fused-ring (bicyclic) bond motifs is 1. The summed E-state index contributed by atoms with van der Waals surface area (Å²) in [6, 6.07) is 7.13. The lowest BCUT2D eigenvalue weighted by molar-refractivity contribution is -0.143. The molecule has 4 rings (SSSR count). The Balaban J connectivity index is 1.55. The average Bonchev–Trinajstić information content (AvgIpc) is 2.95. The Kier molecular flexibility index (Phi) is 7.00. The van der Waals surface area contributed by atoms with Crippen molar-refractivity contribution in [2.24, 2.45) is 0 Å². The first-order valence-electron chi connectivity index (χ1n) is 11.0. The van der Waals surface area contributed by atoms with E-state index in [1.807, 2.05) is 17.0 Å². The summed E-state index contributed by atoms with van der Waals surface area (Å²) in [5.41, 5.74) is 2.09. The fourth-order valence-corrected chi connectivity index (χ4v) is 4.58. The summed E-state index contributed by atoms with van der Waals surface area (Å²) in [5, 5.41) is 19.9. The number of hydrogen-bond donors (Lipinski definition) is 2. The summed E-state index contributed by atoms with van der Waals surface area (Å²) in [5.74, 6) is -2.57. The van der Waals surface area contributed by atoms with E-state index in [4.69, 9.17) is 0 Å². The predicted molar refractivity (Wildman–Crippen MR) is 120 cm³/mol. The lowest BCUT2D eigenvalue weighted by atomic mass is 10.0. The van der Waals surface area contributed by atoms with Crippen LogP contribution in [0.2, 0.25) is 0 Å². The topological polar surface area (TPSA) is 98.9 Å². The van der Waals surface area contributed by atoms with Crippen LogP contribution < -0.4 is 0 Å². The SMILES string of the molecule is O=C(O)Cn1cc(C(C(=O)O)N2CCCN(CCc3ccncc3)CC2)c2ccc(F)cc21. The molecule has 0 saturated carbocycles. The van der Waals surface area contributed by atoms with Crippen LogP contribution in [-0.4, -0.2) is 74.2 Å². The number of carboxylic acids is 2. The van der Waals surface area contributed by atoms with E-state index in [0.717, 1.165) is 32.5 Å². The number of aromatic nitrogens is 2. The fraction of sp³-hybridized carbons (Fsp3) is 0.375. The molecule has 33 heavy (non-hydrogen) atoms. The Morgan fingerprint density at radius 3 is 2.58 bits per heavy atom. The molecule has 2 aromatic heterocycles. The fourth-order valence-electron chi connectivity index (χ4n) is 4.58. The van der Waals surface area contributed by atoms with E-state index >= 15 is 0 Å². The maximum Gasteiger partial charge on any atom is 0.325 e. The van der Waals surface area contributed by atoms with Crippen LogP contribution in [0.4, 0.5) is 4.39 Å². The maximum atomic E-state index is 13.9. The zero-order valence-corrected chi connectivity index (χ0v) is 18.2. The summed E-state index contributed by atoms with van der Waals surface area (Å²) in [6.45, 7) is 3.30. The van der Waals surface area contributed by atoms with Gasteiger partial charge in [0.15, 0.2) is 0 Å². The molecule has 1 aliphatic heterocycles. The highest BCUT2D eigenvalue weighted by molar-refractivity contribution is 5.90. The van der Waals surface area contributed by atoms with Crippen molar-refractivity contribution in [3.63, 3.8) is 0 Å². The standard InChI is InChI=1S/C24H27FN4O4/c25-18-2-3-19-20(15-29(16-22(30)31)21(19)14-18)23(24(32)33)28-10-1-9-27(12-13-28)11-6-17-4-7-26-8-5-17/h2-5,7-8,14-15,23H,1,6,9-13,16H2,(H,30,31)(H,32,33). The zero-order valence-electron chi connectivity index (χ0n) is 18.2. The molecule has 0 spiro atoms. The predicted octanol–water partition coefficient (Wildman–Crippen LogP) is 2.64. The maximum absolute atomic E-state index is 13.9. The van der Waals surface area contributed by atoms with Crippen LogP contribution in [0, 0.1) is 5.82 Å². The monoisotopic (exact) mass is 454 g/mol. The third-order valence-corrected chi connectivity index (χ3v) is 6.16. The summed E-state index contributed by atoms with van der Waals surface area (Å²) < 4.78 is 15.3. The number of rotatable bonds is 8. The van der Waals surface area contributed by atoms with Gasteiger partial charge in [0.2, 0.25) is 0 Å². The first-order chi connectivity index (χ1) is 15.9. The van der Waals surface area contributed by atoms with Crippen LogP contribution in [0.25, 0.3) is 10.9 Å². The number of hydrogen-bond acceptors (Lipinski definition) is 5. The quantitative estimate of drug-likeness (QED) is 0.540. The second-order valence-electron chi connectivity index (χ2n) is 8.34. The van der Waals surface area contributed by atoms with Gasteiger partial charge in [-0.25, -0.2) is 4.39 Å². The zero-order chi connectivity index (χ0) is 23.4. The van der Waals surface area contributed by atoms with Gasteiger partial charge in [-0.2, -0.15) is 0 Å². The smallest absolute Gasteiger partial charge is 0.325 e. The molecule has 2 N–H and O–H groups in total. The van der Waals surface area contributed by atoms with Crippen molar-refractivity contribution >= 4 is 22.8 Å². The van der Waals surface area contributed by atoms with Crippen molar-refractivity contribution in [3.05, 3.63) is 65.9 Å². The van der Waals surface area contributed by atoms with E-state index in [1.54, 1.807) is 18.6 Å². The van der Waals surface area contributed by atoms with Gasteiger partial charge < -0.3 is 19.7 Å². The summed E-state index contributed by atoms with van der Waals surface area (Å²) in [7, 11) is 0. The summed E-state index contributed by atoms with van der Waals surface area (Å²) in [6.07, 6.45) is 6.83. The Labute approximate surface area is 190 Å².